The van der Waals surface area contributed by atoms with Gasteiger partial charge in [0.05, 0.1) is 6.54 Å². The fraction of sp³-hybridized carbons (Fsp3) is 0.583. The van der Waals surface area contributed by atoms with Crippen molar-refractivity contribution in [2.45, 2.75) is 33.0 Å². The second-order valence-electron chi connectivity index (χ2n) is 4.48. The number of anilines is 1. The van der Waals surface area contributed by atoms with Crippen molar-refractivity contribution in [3.8, 4) is 0 Å². The Morgan fingerprint density at radius 3 is 2.86 bits per heavy atom. The summed E-state index contributed by atoms with van der Waals surface area (Å²) >= 11 is 1.48. The first-order valence-electron chi connectivity index (χ1n) is 6.41. The summed E-state index contributed by atoms with van der Waals surface area (Å²) in [5, 5.41) is 4.51. The number of nitrogen functional groups attached to an aromatic ring is 1. The molecule has 0 aliphatic heterocycles. The Morgan fingerprint density at radius 1 is 1.48 bits per heavy atom. The molecule has 7 nitrogen and oxygen atoms in total. The minimum absolute atomic E-state index is 0. The minimum Gasteiger partial charge on any atom is -0.375 e. The zero-order chi connectivity index (χ0) is 14.5. The van der Waals surface area contributed by atoms with Crippen molar-refractivity contribution < 1.29 is 9.26 Å². The second kappa shape index (κ2) is 8.28. The van der Waals surface area contributed by atoms with Gasteiger partial charge in [0, 0.05) is 24.2 Å². The normalized spacial score (nSPS) is 12.4. The molecule has 2 N–H and O–H groups in total. The summed E-state index contributed by atoms with van der Waals surface area (Å²) in [7, 11) is 1.98. The van der Waals surface area contributed by atoms with Gasteiger partial charge in [-0.3, -0.25) is 4.90 Å². The lowest BCUT2D eigenvalue weighted by Gasteiger charge is -2.11. The van der Waals surface area contributed by atoms with E-state index >= 15 is 0 Å². The van der Waals surface area contributed by atoms with Crippen molar-refractivity contribution in [2.24, 2.45) is 0 Å². The molecule has 118 valence electrons. The SMILES string of the molecule is CCOC(C)c1noc(CN(C)Cc2cnc(N)s2)n1.Cl. The third-order valence-electron chi connectivity index (χ3n) is 2.67. The minimum atomic E-state index is -0.149. The molecule has 2 aromatic rings. The van der Waals surface area contributed by atoms with Gasteiger partial charge in [-0.25, -0.2) is 4.98 Å². The van der Waals surface area contributed by atoms with Crippen molar-refractivity contribution in [2.75, 3.05) is 19.4 Å². The van der Waals surface area contributed by atoms with Gasteiger partial charge < -0.3 is 15.0 Å². The first kappa shape index (κ1) is 17.8. The van der Waals surface area contributed by atoms with Crippen molar-refractivity contribution in [3.05, 3.63) is 22.8 Å². The van der Waals surface area contributed by atoms with Crippen LogP contribution in [0.25, 0.3) is 0 Å². The fourth-order valence-electron chi connectivity index (χ4n) is 1.77. The van der Waals surface area contributed by atoms with Crippen molar-refractivity contribution in [3.63, 3.8) is 0 Å². The molecule has 9 heteroatoms. The van der Waals surface area contributed by atoms with Crippen LogP contribution in [-0.4, -0.2) is 33.7 Å². The number of aromatic nitrogens is 3. The number of nitrogens with two attached hydrogens (primary N) is 1. The number of ether oxygens (including phenoxy) is 1. The highest BCUT2D eigenvalue weighted by Gasteiger charge is 2.15. The van der Waals surface area contributed by atoms with Gasteiger partial charge in [0.25, 0.3) is 0 Å². The van der Waals surface area contributed by atoms with Crippen LogP contribution in [0, 0.1) is 0 Å². The van der Waals surface area contributed by atoms with Crippen LogP contribution in [0.1, 0.15) is 36.5 Å². The quantitative estimate of drug-likeness (QED) is 0.831. The predicted molar refractivity (Wildman–Crippen MR) is 83.3 cm³/mol. The highest BCUT2D eigenvalue weighted by Crippen LogP contribution is 2.17. The molecule has 0 aliphatic carbocycles. The molecule has 0 spiro atoms. The van der Waals surface area contributed by atoms with Crippen LogP contribution >= 0.6 is 23.7 Å². The molecule has 0 fully saturated rings. The van der Waals surface area contributed by atoms with Gasteiger partial charge in [-0.1, -0.05) is 5.16 Å². The predicted octanol–water partition coefficient (Wildman–Crippen LogP) is 2.26. The zero-order valence-electron chi connectivity index (χ0n) is 12.3. The van der Waals surface area contributed by atoms with Crippen LogP contribution in [0.5, 0.6) is 0 Å². The van der Waals surface area contributed by atoms with Gasteiger partial charge in [0.1, 0.15) is 6.10 Å². The number of halogens is 1. The molecular weight excluding hydrogens is 314 g/mol. The standard InChI is InChI=1S/C12H19N5O2S.ClH/c1-4-18-8(2)11-15-10(19-16-11)7-17(3)6-9-5-14-12(13)20-9;/h5,8H,4,6-7H2,1-3H3,(H2,13,14);1H. The van der Waals surface area contributed by atoms with E-state index in [1.807, 2.05) is 20.9 Å². The first-order chi connectivity index (χ1) is 9.58. The largest absolute Gasteiger partial charge is 0.375 e. The van der Waals surface area contributed by atoms with Gasteiger partial charge in [-0.15, -0.1) is 23.7 Å². The van der Waals surface area contributed by atoms with E-state index in [0.717, 1.165) is 11.4 Å². The molecular formula is C12H20ClN5O2S. The molecule has 2 heterocycles. The highest BCUT2D eigenvalue weighted by molar-refractivity contribution is 7.15. The highest BCUT2D eigenvalue weighted by atomic mass is 35.5. The van der Waals surface area contributed by atoms with E-state index in [0.29, 0.717) is 30.0 Å². The van der Waals surface area contributed by atoms with E-state index in [-0.39, 0.29) is 18.5 Å². The maximum atomic E-state index is 5.61. The summed E-state index contributed by atoms with van der Waals surface area (Å²) in [6.45, 7) is 5.78. The Hall–Kier alpha value is -1.22. The van der Waals surface area contributed by atoms with Crippen molar-refractivity contribution in [1.82, 2.24) is 20.0 Å². The van der Waals surface area contributed by atoms with E-state index in [9.17, 15) is 0 Å². The van der Waals surface area contributed by atoms with Gasteiger partial charge in [0.15, 0.2) is 11.0 Å². The lowest BCUT2D eigenvalue weighted by molar-refractivity contribution is 0.0683. The maximum Gasteiger partial charge on any atom is 0.240 e. The van der Waals surface area contributed by atoms with Crippen LogP contribution in [0.4, 0.5) is 5.13 Å². The number of rotatable bonds is 7. The summed E-state index contributed by atoms with van der Waals surface area (Å²) in [5.41, 5.74) is 5.61. The molecule has 2 aromatic heterocycles. The van der Waals surface area contributed by atoms with Crippen LogP contribution in [0.15, 0.2) is 10.7 Å². The van der Waals surface area contributed by atoms with Gasteiger partial charge in [-0.05, 0) is 20.9 Å². The molecule has 0 aliphatic rings. The smallest absolute Gasteiger partial charge is 0.240 e. The maximum absolute atomic E-state index is 5.61. The van der Waals surface area contributed by atoms with Crippen molar-refractivity contribution in [1.29, 1.82) is 0 Å². The Morgan fingerprint density at radius 2 is 2.24 bits per heavy atom. The van der Waals surface area contributed by atoms with Crippen LogP contribution < -0.4 is 5.73 Å². The number of hydrogen-bond donors (Lipinski definition) is 1. The summed E-state index contributed by atoms with van der Waals surface area (Å²) in [4.78, 5) is 11.5. The molecule has 0 radical (unpaired) electrons. The zero-order valence-corrected chi connectivity index (χ0v) is 13.9. The topological polar surface area (TPSA) is 90.3 Å². The second-order valence-corrected chi connectivity index (χ2v) is 5.63. The number of hydrogen-bond acceptors (Lipinski definition) is 8. The van der Waals surface area contributed by atoms with Crippen LogP contribution in [-0.2, 0) is 17.8 Å². The first-order valence-corrected chi connectivity index (χ1v) is 7.23. The molecule has 21 heavy (non-hydrogen) atoms. The third kappa shape index (κ3) is 5.24. The lowest BCUT2D eigenvalue weighted by Crippen LogP contribution is -2.16. The molecule has 0 saturated heterocycles. The molecule has 2 rings (SSSR count). The summed E-state index contributed by atoms with van der Waals surface area (Å²) in [5.74, 6) is 1.16. The average Bonchev–Trinajstić information content (AvgIpc) is 2.99. The molecule has 1 unspecified atom stereocenters. The van der Waals surface area contributed by atoms with Gasteiger partial charge in [-0.2, -0.15) is 4.98 Å². The van der Waals surface area contributed by atoms with Crippen molar-refractivity contribution >= 4 is 28.9 Å². The molecule has 0 bridgehead atoms. The van der Waals surface area contributed by atoms with E-state index in [1.165, 1.54) is 11.3 Å². The molecule has 0 amide bonds. The number of thiazole rings is 1. The Balaban J connectivity index is 0.00000220. The van der Waals surface area contributed by atoms with E-state index in [1.54, 1.807) is 6.20 Å². The van der Waals surface area contributed by atoms with Crippen LogP contribution in [0.3, 0.4) is 0 Å². The van der Waals surface area contributed by atoms with Gasteiger partial charge in [0.2, 0.25) is 5.89 Å². The fourth-order valence-corrected chi connectivity index (χ4v) is 2.53. The lowest BCUT2D eigenvalue weighted by atomic mass is 10.4. The average molecular weight is 334 g/mol. The monoisotopic (exact) mass is 333 g/mol. The summed E-state index contributed by atoms with van der Waals surface area (Å²) < 4.78 is 10.7. The summed E-state index contributed by atoms with van der Waals surface area (Å²) in [6.07, 6.45) is 1.64. The van der Waals surface area contributed by atoms with Crippen LogP contribution in [0.2, 0.25) is 0 Å². The van der Waals surface area contributed by atoms with E-state index in [4.69, 9.17) is 15.0 Å². The van der Waals surface area contributed by atoms with Gasteiger partial charge >= 0.3 is 0 Å². The Kier molecular flexibility index (Phi) is 7.03. The third-order valence-corrected chi connectivity index (χ3v) is 3.48. The molecule has 0 saturated carbocycles. The molecule has 0 aromatic carbocycles. The van der Waals surface area contributed by atoms with E-state index < -0.39 is 0 Å². The molecule has 1 atom stereocenters. The number of nitrogens with zero attached hydrogens (tertiary/aromatic N) is 4. The van der Waals surface area contributed by atoms with E-state index in [2.05, 4.69) is 20.0 Å². The Bertz CT molecular complexity index is 547. The Labute approximate surface area is 133 Å². The summed E-state index contributed by atoms with van der Waals surface area (Å²) in [6, 6.07) is 0.